The molecule has 0 N–H and O–H groups in total. The average Bonchev–Trinajstić information content (AvgIpc) is 2.29. The number of morpholine rings is 1. The average molecular weight is 269 g/mol. The minimum absolute atomic E-state index is 0.0956. The van der Waals surface area contributed by atoms with Crippen LogP contribution in [0.25, 0.3) is 0 Å². The highest BCUT2D eigenvalue weighted by atomic mass is 32.2. The Bertz CT molecular complexity index is 510. The van der Waals surface area contributed by atoms with Gasteiger partial charge in [-0.1, -0.05) is 29.8 Å². The summed E-state index contributed by atoms with van der Waals surface area (Å²) in [4.78, 5) is 0. The zero-order valence-corrected chi connectivity index (χ0v) is 11.8. The first-order valence-electron chi connectivity index (χ1n) is 6.03. The molecule has 1 fully saturated rings. The minimum Gasteiger partial charge on any atom is -0.370 e. The molecule has 0 radical (unpaired) electrons. The van der Waals surface area contributed by atoms with Gasteiger partial charge in [0.1, 0.15) is 0 Å². The Morgan fingerprint density at radius 3 is 2.44 bits per heavy atom. The lowest BCUT2D eigenvalue weighted by Gasteiger charge is -2.36. The SMILES string of the molecule is Cc1ccc(C2CN(S(C)(=O)=O)C(C)CO2)cc1. The standard InChI is InChI=1S/C13H19NO3S/c1-10-4-6-12(7-5-10)13-8-14(18(3,15)16)11(2)9-17-13/h4-7,11,13H,8-9H2,1-3H3. The van der Waals surface area contributed by atoms with Crippen molar-refractivity contribution in [3.8, 4) is 0 Å². The molecule has 0 bridgehead atoms. The monoisotopic (exact) mass is 269 g/mol. The molecule has 2 unspecified atom stereocenters. The number of aryl methyl sites for hydroxylation is 1. The first kappa shape index (κ1) is 13.5. The van der Waals surface area contributed by atoms with E-state index in [9.17, 15) is 8.42 Å². The minimum atomic E-state index is -3.17. The van der Waals surface area contributed by atoms with Crippen molar-refractivity contribution in [2.24, 2.45) is 0 Å². The molecule has 100 valence electrons. The van der Waals surface area contributed by atoms with Gasteiger partial charge in [0.05, 0.1) is 19.0 Å². The van der Waals surface area contributed by atoms with Gasteiger partial charge in [-0.3, -0.25) is 0 Å². The van der Waals surface area contributed by atoms with Gasteiger partial charge in [0.25, 0.3) is 0 Å². The third-order valence-corrected chi connectivity index (χ3v) is 4.61. The predicted octanol–water partition coefficient (Wildman–Crippen LogP) is 1.72. The Balaban J connectivity index is 2.19. The van der Waals surface area contributed by atoms with Crippen LogP contribution in [0, 0.1) is 6.92 Å². The smallest absolute Gasteiger partial charge is 0.211 e. The first-order valence-corrected chi connectivity index (χ1v) is 7.88. The molecule has 18 heavy (non-hydrogen) atoms. The molecular weight excluding hydrogens is 250 g/mol. The van der Waals surface area contributed by atoms with E-state index in [0.29, 0.717) is 13.2 Å². The molecule has 1 aromatic rings. The highest BCUT2D eigenvalue weighted by Crippen LogP contribution is 2.26. The summed E-state index contributed by atoms with van der Waals surface area (Å²) < 4.78 is 30.6. The van der Waals surface area contributed by atoms with Crippen molar-refractivity contribution in [2.45, 2.75) is 26.0 Å². The Labute approximate surface area is 109 Å². The molecule has 0 spiro atoms. The zero-order chi connectivity index (χ0) is 13.3. The van der Waals surface area contributed by atoms with E-state index >= 15 is 0 Å². The lowest BCUT2D eigenvalue weighted by atomic mass is 10.1. The van der Waals surface area contributed by atoms with Crippen molar-refractivity contribution >= 4 is 10.0 Å². The van der Waals surface area contributed by atoms with E-state index in [4.69, 9.17) is 4.74 Å². The molecular formula is C13H19NO3S. The third kappa shape index (κ3) is 2.91. The number of ether oxygens (including phenoxy) is 1. The van der Waals surface area contributed by atoms with Crippen LogP contribution in [0.4, 0.5) is 0 Å². The number of rotatable bonds is 2. The fourth-order valence-corrected chi connectivity index (χ4v) is 3.30. The van der Waals surface area contributed by atoms with E-state index in [0.717, 1.165) is 5.56 Å². The maximum Gasteiger partial charge on any atom is 0.211 e. The van der Waals surface area contributed by atoms with Gasteiger partial charge in [0.15, 0.2) is 0 Å². The van der Waals surface area contributed by atoms with Gasteiger partial charge in [0, 0.05) is 12.6 Å². The number of hydrogen-bond acceptors (Lipinski definition) is 3. The molecule has 0 aliphatic carbocycles. The van der Waals surface area contributed by atoms with E-state index in [1.807, 2.05) is 38.1 Å². The zero-order valence-electron chi connectivity index (χ0n) is 11.0. The molecule has 0 aromatic heterocycles. The Morgan fingerprint density at radius 1 is 1.28 bits per heavy atom. The fourth-order valence-electron chi connectivity index (χ4n) is 2.18. The maximum absolute atomic E-state index is 11.7. The molecule has 0 saturated carbocycles. The largest absolute Gasteiger partial charge is 0.370 e. The van der Waals surface area contributed by atoms with Gasteiger partial charge in [-0.25, -0.2) is 8.42 Å². The van der Waals surface area contributed by atoms with Crippen LogP contribution in [0.2, 0.25) is 0 Å². The first-order chi connectivity index (χ1) is 8.38. The molecule has 1 aliphatic rings. The molecule has 1 heterocycles. The summed E-state index contributed by atoms with van der Waals surface area (Å²) in [6, 6.07) is 7.93. The number of nitrogens with zero attached hydrogens (tertiary/aromatic N) is 1. The molecule has 1 saturated heterocycles. The number of sulfonamides is 1. The number of hydrogen-bond donors (Lipinski definition) is 0. The van der Waals surface area contributed by atoms with Crippen LogP contribution in [-0.2, 0) is 14.8 Å². The lowest BCUT2D eigenvalue weighted by molar-refractivity contribution is -0.0286. The molecule has 1 aromatic carbocycles. The lowest BCUT2D eigenvalue weighted by Crippen LogP contribution is -2.47. The van der Waals surface area contributed by atoms with Gasteiger partial charge in [-0.15, -0.1) is 0 Å². The van der Waals surface area contributed by atoms with Crippen molar-refractivity contribution < 1.29 is 13.2 Å². The normalized spacial score (nSPS) is 26.2. The van der Waals surface area contributed by atoms with Gasteiger partial charge >= 0.3 is 0 Å². The summed E-state index contributed by atoms with van der Waals surface area (Å²) in [5, 5.41) is 0. The summed E-state index contributed by atoms with van der Waals surface area (Å²) in [5.41, 5.74) is 2.21. The predicted molar refractivity (Wildman–Crippen MR) is 70.9 cm³/mol. The van der Waals surface area contributed by atoms with Crippen LogP contribution in [0.15, 0.2) is 24.3 Å². The van der Waals surface area contributed by atoms with E-state index < -0.39 is 10.0 Å². The van der Waals surface area contributed by atoms with Gasteiger partial charge in [0.2, 0.25) is 10.0 Å². The van der Waals surface area contributed by atoms with Crippen LogP contribution in [0.3, 0.4) is 0 Å². The molecule has 5 heteroatoms. The summed E-state index contributed by atoms with van der Waals surface area (Å²) in [6.07, 6.45) is 1.08. The van der Waals surface area contributed by atoms with Crippen LogP contribution in [0.1, 0.15) is 24.2 Å². The van der Waals surface area contributed by atoms with Crippen molar-refractivity contribution in [1.29, 1.82) is 0 Å². The Hall–Kier alpha value is -0.910. The third-order valence-electron chi connectivity index (χ3n) is 3.25. The number of benzene rings is 1. The fraction of sp³-hybridized carbons (Fsp3) is 0.538. The molecule has 2 atom stereocenters. The summed E-state index contributed by atoms with van der Waals surface area (Å²) in [7, 11) is -3.17. The van der Waals surface area contributed by atoms with Crippen LogP contribution < -0.4 is 0 Å². The maximum atomic E-state index is 11.7. The second-order valence-electron chi connectivity index (χ2n) is 4.91. The second kappa shape index (κ2) is 4.99. The van der Waals surface area contributed by atoms with Crippen LogP contribution in [0.5, 0.6) is 0 Å². The second-order valence-corrected chi connectivity index (χ2v) is 6.85. The van der Waals surface area contributed by atoms with Crippen LogP contribution in [-0.4, -0.2) is 38.2 Å². The molecule has 1 aliphatic heterocycles. The summed E-state index contributed by atoms with van der Waals surface area (Å²) in [5.74, 6) is 0. The van der Waals surface area contributed by atoms with Gasteiger partial charge in [-0.2, -0.15) is 4.31 Å². The quantitative estimate of drug-likeness (QED) is 0.821. The van der Waals surface area contributed by atoms with Crippen molar-refractivity contribution in [2.75, 3.05) is 19.4 Å². The van der Waals surface area contributed by atoms with E-state index in [1.165, 1.54) is 16.1 Å². The highest BCUT2D eigenvalue weighted by molar-refractivity contribution is 7.88. The van der Waals surface area contributed by atoms with Gasteiger partial charge in [-0.05, 0) is 19.4 Å². The topological polar surface area (TPSA) is 46.6 Å². The van der Waals surface area contributed by atoms with Crippen molar-refractivity contribution in [1.82, 2.24) is 4.31 Å². The van der Waals surface area contributed by atoms with Crippen molar-refractivity contribution in [3.63, 3.8) is 0 Å². The molecule has 0 amide bonds. The molecule has 4 nitrogen and oxygen atoms in total. The highest BCUT2D eigenvalue weighted by Gasteiger charge is 2.32. The van der Waals surface area contributed by atoms with E-state index in [-0.39, 0.29) is 12.1 Å². The molecule has 2 rings (SSSR count). The van der Waals surface area contributed by atoms with Crippen molar-refractivity contribution in [3.05, 3.63) is 35.4 Å². The van der Waals surface area contributed by atoms with E-state index in [2.05, 4.69) is 0 Å². The summed E-state index contributed by atoms with van der Waals surface area (Å²) >= 11 is 0. The Morgan fingerprint density at radius 2 is 1.89 bits per heavy atom. The Kier molecular flexibility index (Phi) is 3.75. The van der Waals surface area contributed by atoms with Gasteiger partial charge < -0.3 is 4.74 Å². The van der Waals surface area contributed by atoms with E-state index in [1.54, 1.807) is 0 Å². The summed E-state index contributed by atoms with van der Waals surface area (Å²) in [6.45, 7) is 4.72. The van der Waals surface area contributed by atoms with Crippen LogP contribution >= 0.6 is 0 Å².